The van der Waals surface area contributed by atoms with E-state index in [4.69, 9.17) is 4.74 Å². The molecule has 1 N–H and O–H groups in total. The number of aryl methyl sites for hydroxylation is 1. The number of hydrogen-bond acceptors (Lipinski definition) is 4. The average molecular weight is 325 g/mol. The molecule has 0 aliphatic carbocycles. The number of benzene rings is 1. The standard InChI is InChI=1S/C13H17BrN4O/c1-10-3-4-13(12(14)7-10)18-9-11(16-17-18)8-15-5-6-19-2/h3-4,7,9,15H,5-6,8H2,1-2H3. The molecule has 0 amide bonds. The third-order valence-corrected chi connectivity index (χ3v) is 3.32. The summed E-state index contributed by atoms with van der Waals surface area (Å²) in [5, 5.41) is 11.5. The second-order valence-corrected chi connectivity index (χ2v) is 5.13. The lowest BCUT2D eigenvalue weighted by Gasteiger charge is -2.04. The fraction of sp³-hybridized carbons (Fsp3) is 0.385. The van der Waals surface area contributed by atoms with Gasteiger partial charge >= 0.3 is 0 Å². The number of rotatable bonds is 6. The smallest absolute Gasteiger partial charge is 0.0969 e. The maximum atomic E-state index is 4.97. The van der Waals surface area contributed by atoms with Crippen molar-refractivity contribution in [3.8, 4) is 5.69 Å². The molecule has 19 heavy (non-hydrogen) atoms. The molecule has 0 aliphatic rings. The molecule has 1 aromatic carbocycles. The van der Waals surface area contributed by atoms with E-state index in [1.165, 1.54) is 5.56 Å². The zero-order valence-corrected chi connectivity index (χ0v) is 12.6. The van der Waals surface area contributed by atoms with Gasteiger partial charge in [0.25, 0.3) is 0 Å². The van der Waals surface area contributed by atoms with Gasteiger partial charge in [-0.2, -0.15) is 0 Å². The zero-order valence-electron chi connectivity index (χ0n) is 11.1. The van der Waals surface area contributed by atoms with E-state index in [2.05, 4.69) is 50.6 Å². The molecular formula is C13H17BrN4O. The minimum atomic E-state index is 0.687. The first-order valence-corrected chi connectivity index (χ1v) is 6.87. The van der Waals surface area contributed by atoms with Crippen molar-refractivity contribution >= 4 is 15.9 Å². The van der Waals surface area contributed by atoms with Crippen molar-refractivity contribution in [2.75, 3.05) is 20.3 Å². The van der Waals surface area contributed by atoms with Crippen LogP contribution in [0.15, 0.2) is 28.9 Å². The van der Waals surface area contributed by atoms with Crippen LogP contribution in [-0.2, 0) is 11.3 Å². The monoisotopic (exact) mass is 324 g/mol. The summed E-state index contributed by atoms with van der Waals surface area (Å²) in [6.45, 7) is 4.24. The third-order valence-electron chi connectivity index (χ3n) is 2.68. The quantitative estimate of drug-likeness (QED) is 0.826. The summed E-state index contributed by atoms with van der Waals surface area (Å²) < 4.78 is 7.76. The number of halogens is 1. The lowest BCUT2D eigenvalue weighted by atomic mass is 10.2. The Bertz CT molecular complexity index is 541. The Labute approximate surface area is 121 Å². The molecular weight excluding hydrogens is 308 g/mol. The first-order chi connectivity index (χ1) is 9.20. The maximum Gasteiger partial charge on any atom is 0.0969 e. The highest BCUT2D eigenvalue weighted by molar-refractivity contribution is 9.10. The summed E-state index contributed by atoms with van der Waals surface area (Å²) in [5.41, 5.74) is 3.10. The topological polar surface area (TPSA) is 52.0 Å². The van der Waals surface area contributed by atoms with Crippen LogP contribution < -0.4 is 5.32 Å². The predicted molar refractivity (Wildman–Crippen MR) is 77.4 cm³/mol. The van der Waals surface area contributed by atoms with E-state index in [-0.39, 0.29) is 0 Å². The van der Waals surface area contributed by atoms with Gasteiger partial charge in [-0.15, -0.1) is 5.10 Å². The summed E-state index contributed by atoms with van der Waals surface area (Å²) in [6.07, 6.45) is 1.93. The molecule has 0 aliphatic heterocycles. The van der Waals surface area contributed by atoms with Crippen LogP contribution in [0.25, 0.3) is 5.69 Å². The minimum absolute atomic E-state index is 0.687. The van der Waals surface area contributed by atoms with E-state index in [0.29, 0.717) is 13.2 Å². The Kier molecular flexibility index (Phi) is 5.07. The lowest BCUT2D eigenvalue weighted by molar-refractivity contribution is 0.199. The molecule has 0 radical (unpaired) electrons. The summed E-state index contributed by atoms with van der Waals surface area (Å²) >= 11 is 3.55. The largest absolute Gasteiger partial charge is 0.383 e. The Morgan fingerprint density at radius 1 is 1.42 bits per heavy atom. The number of nitrogens with one attached hydrogen (secondary N) is 1. The van der Waals surface area contributed by atoms with Crippen LogP contribution in [0, 0.1) is 6.92 Å². The van der Waals surface area contributed by atoms with Crippen molar-refractivity contribution in [1.82, 2.24) is 20.3 Å². The van der Waals surface area contributed by atoms with Crippen molar-refractivity contribution in [2.45, 2.75) is 13.5 Å². The fourth-order valence-electron chi connectivity index (χ4n) is 1.69. The molecule has 2 aromatic rings. The number of aromatic nitrogens is 3. The summed E-state index contributed by atoms with van der Waals surface area (Å²) in [7, 11) is 1.69. The van der Waals surface area contributed by atoms with Gasteiger partial charge in [-0.05, 0) is 40.5 Å². The van der Waals surface area contributed by atoms with Crippen molar-refractivity contribution in [3.05, 3.63) is 40.1 Å². The third kappa shape index (κ3) is 3.86. The van der Waals surface area contributed by atoms with Gasteiger partial charge in [0, 0.05) is 24.7 Å². The Morgan fingerprint density at radius 2 is 2.26 bits per heavy atom. The van der Waals surface area contributed by atoms with Crippen molar-refractivity contribution in [2.24, 2.45) is 0 Å². The fourth-order valence-corrected chi connectivity index (χ4v) is 2.36. The van der Waals surface area contributed by atoms with Gasteiger partial charge in [-0.1, -0.05) is 11.3 Å². The van der Waals surface area contributed by atoms with E-state index < -0.39 is 0 Å². The molecule has 102 valence electrons. The van der Waals surface area contributed by atoms with Crippen LogP contribution in [0.2, 0.25) is 0 Å². The number of hydrogen-bond donors (Lipinski definition) is 1. The van der Waals surface area contributed by atoms with Gasteiger partial charge in [-0.3, -0.25) is 0 Å². The molecule has 0 spiro atoms. The maximum absolute atomic E-state index is 4.97. The molecule has 0 fully saturated rings. The Morgan fingerprint density at radius 3 is 3.00 bits per heavy atom. The van der Waals surface area contributed by atoms with Gasteiger partial charge in [0.1, 0.15) is 0 Å². The predicted octanol–water partition coefficient (Wildman–Crippen LogP) is 2.07. The highest BCUT2D eigenvalue weighted by Crippen LogP contribution is 2.21. The molecule has 6 heteroatoms. The average Bonchev–Trinajstić information content (AvgIpc) is 2.83. The van der Waals surface area contributed by atoms with Gasteiger partial charge in [0.2, 0.25) is 0 Å². The van der Waals surface area contributed by atoms with Gasteiger partial charge in [0.05, 0.1) is 24.2 Å². The second-order valence-electron chi connectivity index (χ2n) is 4.28. The lowest BCUT2D eigenvalue weighted by Crippen LogP contribution is -2.18. The Balaban J connectivity index is 2.04. The molecule has 2 rings (SSSR count). The number of ether oxygens (including phenoxy) is 1. The molecule has 0 saturated carbocycles. The minimum Gasteiger partial charge on any atom is -0.383 e. The molecule has 0 atom stereocenters. The SMILES string of the molecule is COCCNCc1cn(-c2ccc(C)cc2Br)nn1. The summed E-state index contributed by atoms with van der Waals surface area (Å²) in [4.78, 5) is 0. The van der Waals surface area contributed by atoms with Gasteiger partial charge < -0.3 is 10.1 Å². The van der Waals surface area contributed by atoms with E-state index in [9.17, 15) is 0 Å². The second kappa shape index (κ2) is 6.79. The molecule has 1 aromatic heterocycles. The van der Waals surface area contributed by atoms with E-state index in [1.807, 2.05) is 12.3 Å². The van der Waals surface area contributed by atoms with Crippen molar-refractivity contribution < 1.29 is 4.74 Å². The van der Waals surface area contributed by atoms with E-state index >= 15 is 0 Å². The van der Waals surface area contributed by atoms with E-state index in [0.717, 1.165) is 22.4 Å². The van der Waals surface area contributed by atoms with Crippen LogP contribution in [0.3, 0.4) is 0 Å². The Hall–Kier alpha value is -1.24. The van der Waals surface area contributed by atoms with E-state index in [1.54, 1.807) is 11.8 Å². The molecule has 0 unspecified atom stereocenters. The molecule has 0 bridgehead atoms. The first kappa shape index (κ1) is 14.2. The number of nitrogens with zero attached hydrogens (tertiary/aromatic N) is 3. The van der Waals surface area contributed by atoms with Crippen LogP contribution in [0.5, 0.6) is 0 Å². The van der Waals surface area contributed by atoms with Crippen LogP contribution in [-0.4, -0.2) is 35.3 Å². The van der Waals surface area contributed by atoms with Crippen LogP contribution in [0.4, 0.5) is 0 Å². The normalized spacial score (nSPS) is 10.9. The summed E-state index contributed by atoms with van der Waals surface area (Å²) in [5.74, 6) is 0. The van der Waals surface area contributed by atoms with Crippen molar-refractivity contribution in [3.63, 3.8) is 0 Å². The molecule has 5 nitrogen and oxygen atoms in total. The van der Waals surface area contributed by atoms with Crippen LogP contribution in [0.1, 0.15) is 11.3 Å². The van der Waals surface area contributed by atoms with Crippen molar-refractivity contribution in [1.29, 1.82) is 0 Å². The highest BCUT2D eigenvalue weighted by atomic mass is 79.9. The summed E-state index contributed by atoms with van der Waals surface area (Å²) in [6, 6.07) is 6.14. The molecule has 0 saturated heterocycles. The zero-order chi connectivity index (χ0) is 13.7. The highest BCUT2D eigenvalue weighted by Gasteiger charge is 2.06. The first-order valence-electron chi connectivity index (χ1n) is 6.08. The number of methoxy groups -OCH3 is 1. The van der Waals surface area contributed by atoms with Gasteiger partial charge in [0.15, 0.2) is 0 Å². The molecule has 1 heterocycles. The van der Waals surface area contributed by atoms with Crippen LogP contribution >= 0.6 is 15.9 Å². The van der Waals surface area contributed by atoms with Gasteiger partial charge in [-0.25, -0.2) is 4.68 Å².